The van der Waals surface area contributed by atoms with Gasteiger partial charge in [-0.1, -0.05) is 48.5 Å². The molecule has 2 aromatic carbocycles. The first kappa shape index (κ1) is 20.3. The summed E-state index contributed by atoms with van der Waals surface area (Å²) < 4.78 is 5.88. The van der Waals surface area contributed by atoms with Crippen molar-refractivity contribution in [2.24, 2.45) is 0 Å². The molecule has 0 aliphatic heterocycles. The second-order valence-corrected chi connectivity index (χ2v) is 6.72. The monoisotopic (exact) mass is 393 g/mol. The molecule has 0 aliphatic carbocycles. The maximum atomic E-state index is 13.0. The van der Waals surface area contributed by atoms with Crippen LogP contribution in [0.1, 0.15) is 17.7 Å². The average molecular weight is 393 g/mol. The molecular formula is C22H23N3O4. The van der Waals surface area contributed by atoms with Crippen LogP contribution < -0.4 is 5.56 Å². The molecule has 29 heavy (non-hydrogen) atoms. The van der Waals surface area contributed by atoms with Crippen molar-refractivity contribution in [1.82, 2.24) is 14.7 Å². The highest BCUT2D eigenvalue weighted by molar-refractivity contribution is 5.84. The molecule has 0 fully saturated rings. The van der Waals surface area contributed by atoms with Crippen molar-refractivity contribution < 1.29 is 14.3 Å². The summed E-state index contributed by atoms with van der Waals surface area (Å²) in [6, 6.07) is 16.7. The number of fused-ring (bicyclic) bond motifs is 1. The minimum Gasteiger partial charge on any atom is -0.469 e. The Labute approximate surface area is 168 Å². The smallest absolute Gasteiger partial charge is 0.307 e. The number of rotatable bonds is 7. The van der Waals surface area contributed by atoms with Crippen molar-refractivity contribution in [2.75, 3.05) is 13.7 Å². The van der Waals surface area contributed by atoms with Crippen molar-refractivity contribution >= 4 is 22.6 Å². The van der Waals surface area contributed by atoms with E-state index in [-0.39, 0.29) is 31.0 Å². The first-order valence-electron chi connectivity index (χ1n) is 9.34. The fraction of sp³-hybridized carbons (Fsp3) is 0.273. The first-order chi connectivity index (χ1) is 14.0. The number of ether oxygens (including phenoxy) is 1. The highest BCUT2D eigenvalue weighted by Crippen LogP contribution is 2.12. The Hall–Kier alpha value is -3.48. The van der Waals surface area contributed by atoms with Crippen molar-refractivity contribution in [2.45, 2.75) is 26.4 Å². The van der Waals surface area contributed by atoms with Gasteiger partial charge in [0.05, 0.1) is 24.6 Å². The van der Waals surface area contributed by atoms with Gasteiger partial charge in [-0.25, -0.2) is 4.68 Å². The number of hydrogen-bond acceptors (Lipinski definition) is 5. The second-order valence-electron chi connectivity index (χ2n) is 6.72. The summed E-state index contributed by atoms with van der Waals surface area (Å²) in [4.78, 5) is 38.9. The highest BCUT2D eigenvalue weighted by atomic mass is 16.5. The topological polar surface area (TPSA) is 81.5 Å². The lowest BCUT2D eigenvalue weighted by Gasteiger charge is -2.23. The van der Waals surface area contributed by atoms with Gasteiger partial charge in [0.15, 0.2) is 0 Å². The zero-order valence-electron chi connectivity index (χ0n) is 16.5. The number of amides is 1. The lowest BCUT2D eigenvalue weighted by molar-refractivity contribution is -0.142. The Kier molecular flexibility index (Phi) is 6.39. The number of hydrogen-bond donors (Lipinski definition) is 0. The SMILES string of the molecule is COC(=O)CCN(Cc1ccccc1)C(=O)Cn1nc(C)c2ccccc2c1=O. The van der Waals surface area contributed by atoms with Crippen molar-refractivity contribution in [3.8, 4) is 0 Å². The van der Waals surface area contributed by atoms with E-state index < -0.39 is 5.97 Å². The summed E-state index contributed by atoms with van der Waals surface area (Å²) in [5, 5.41) is 5.60. The first-order valence-corrected chi connectivity index (χ1v) is 9.34. The molecule has 7 nitrogen and oxygen atoms in total. The molecule has 0 atom stereocenters. The largest absolute Gasteiger partial charge is 0.469 e. The van der Waals surface area contributed by atoms with E-state index in [0.717, 1.165) is 10.9 Å². The summed E-state index contributed by atoms with van der Waals surface area (Å²) in [7, 11) is 1.31. The van der Waals surface area contributed by atoms with E-state index in [2.05, 4.69) is 9.84 Å². The molecule has 1 amide bonds. The quantitative estimate of drug-likeness (QED) is 0.576. The van der Waals surface area contributed by atoms with E-state index in [0.29, 0.717) is 17.6 Å². The van der Waals surface area contributed by atoms with Crippen molar-refractivity contribution in [3.05, 3.63) is 76.2 Å². The molecule has 0 radical (unpaired) electrons. The number of methoxy groups -OCH3 is 1. The third kappa shape index (κ3) is 4.87. The number of carbonyl (C=O) groups excluding carboxylic acids is 2. The molecule has 0 saturated heterocycles. The average Bonchev–Trinajstić information content (AvgIpc) is 2.75. The number of nitrogens with zero attached hydrogens (tertiary/aromatic N) is 3. The second kappa shape index (κ2) is 9.14. The molecule has 150 valence electrons. The van der Waals surface area contributed by atoms with E-state index in [9.17, 15) is 14.4 Å². The Morgan fingerprint density at radius 1 is 1.03 bits per heavy atom. The summed E-state index contributed by atoms with van der Waals surface area (Å²) in [5.41, 5.74) is 1.30. The van der Waals surface area contributed by atoms with Gasteiger partial charge in [0, 0.05) is 18.5 Å². The number of esters is 1. The highest BCUT2D eigenvalue weighted by Gasteiger charge is 2.18. The summed E-state index contributed by atoms with van der Waals surface area (Å²) >= 11 is 0. The lowest BCUT2D eigenvalue weighted by Crippen LogP contribution is -2.38. The Bertz CT molecular complexity index is 1080. The van der Waals surface area contributed by atoms with Gasteiger partial charge in [0.25, 0.3) is 5.56 Å². The van der Waals surface area contributed by atoms with Gasteiger partial charge in [0.2, 0.25) is 5.91 Å². The minimum absolute atomic E-state index is 0.0775. The van der Waals surface area contributed by atoms with Crippen LogP contribution in [0.25, 0.3) is 10.8 Å². The van der Waals surface area contributed by atoms with Crippen molar-refractivity contribution in [3.63, 3.8) is 0 Å². The lowest BCUT2D eigenvalue weighted by atomic mass is 10.1. The fourth-order valence-corrected chi connectivity index (χ4v) is 3.16. The van der Waals surface area contributed by atoms with Crippen LogP contribution in [-0.2, 0) is 27.4 Å². The van der Waals surface area contributed by atoms with Crippen LogP contribution in [0.15, 0.2) is 59.4 Å². The predicted octanol–water partition coefficient (Wildman–Crippen LogP) is 2.30. The standard InChI is InChI=1S/C22H23N3O4/c1-16-18-10-6-7-11-19(18)22(28)25(23-16)15-20(26)24(13-12-21(27)29-2)14-17-8-4-3-5-9-17/h3-11H,12-15H2,1-2H3. The molecule has 1 aromatic heterocycles. The van der Waals surface area contributed by atoms with Crippen LogP contribution in [0.5, 0.6) is 0 Å². The minimum atomic E-state index is -0.396. The fourth-order valence-electron chi connectivity index (χ4n) is 3.16. The number of aromatic nitrogens is 2. The van der Waals surface area contributed by atoms with Gasteiger partial charge in [0.1, 0.15) is 6.54 Å². The molecule has 0 unspecified atom stereocenters. The van der Waals surface area contributed by atoms with E-state index >= 15 is 0 Å². The summed E-state index contributed by atoms with van der Waals surface area (Å²) in [6.07, 6.45) is 0.0775. The zero-order valence-corrected chi connectivity index (χ0v) is 16.5. The Morgan fingerprint density at radius 3 is 2.38 bits per heavy atom. The zero-order chi connectivity index (χ0) is 20.8. The molecule has 0 bridgehead atoms. The van der Waals surface area contributed by atoms with Gasteiger partial charge in [-0.15, -0.1) is 0 Å². The molecule has 0 N–H and O–H groups in total. The van der Waals surface area contributed by atoms with Crippen LogP contribution >= 0.6 is 0 Å². The maximum Gasteiger partial charge on any atom is 0.307 e. The summed E-state index contributed by atoms with van der Waals surface area (Å²) in [6.45, 7) is 2.14. The van der Waals surface area contributed by atoms with Crippen LogP contribution in [0.4, 0.5) is 0 Å². The normalized spacial score (nSPS) is 10.7. The maximum absolute atomic E-state index is 13.0. The summed E-state index contributed by atoms with van der Waals surface area (Å²) in [5.74, 6) is -0.685. The Balaban J connectivity index is 1.85. The number of benzene rings is 2. The number of carbonyl (C=O) groups is 2. The van der Waals surface area contributed by atoms with Crippen LogP contribution in [0.2, 0.25) is 0 Å². The molecule has 1 heterocycles. The van der Waals surface area contributed by atoms with Crippen LogP contribution in [-0.4, -0.2) is 40.2 Å². The molecular weight excluding hydrogens is 370 g/mol. The molecule has 3 rings (SSSR count). The van der Waals surface area contributed by atoms with Gasteiger partial charge in [-0.2, -0.15) is 5.10 Å². The van der Waals surface area contributed by atoms with Gasteiger partial charge in [-0.05, 0) is 18.6 Å². The molecule has 0 spiro atoms. The molecule has 3 aromatic rings. The van der Waals surface area contributed by atoms with E-state index in [1.165, 1.54) is 11.8 Å². The third-order valence-corrected chi connectivity index (χ3v) is 4.72. The Morgan fingerprint density at radius 2 is 1.69 bits per heavy atom. The van der Waals surface area contributed by atoms with Gasteiger partial charge < -0.3 is 9.64 Å². The van der Waals surface area contributed by atoms with E-state index in [4.69, 9.17) is 0 Å². The van der Waals surface area contributed by atoms with Gasteiger partial charge in [-0.3, -0.25) is 14.4 Å². The van der Waals surface area contributed by atoms with E-state index in [1.807, 2.05) is 49.4 Å². The van der Waals surface area contributed by atoms with Gasteiger partial charge >= 0.3 is 5.97 Å². The molecule has 0 saturated carbocycles. The third-order valence-electron chi connectivity index (χ3n) is 4.72. The number of aryl methyl sites for hydroxylation is 1. The van der Waals surface area contributed by atoms with E-state index in [1.54, 1.807) is 17.0 Å². The molecule has 0 aliphatic rings. The van der Waals surface area contributed by atoms with Crippen molar-refractivity contribution in [1.29, 1.82) is 0 Å². The van der Waals surface area contributed by atoms with Crippen LogP contribution in [0, 0.1) is 6.92 Å². The van der Waals surface area contributed by atoms with Crippen LogP contribution in [0.3, 0.4) is 0 Å². The predicted molar refractivity (Wildman–Crippen MR) is 109 cm³/mol. The molecule has 7 heteroatoms.